The fourth-order valence-corrected chi connectivity index (χ4v) is 0. The molecular formula is C4H9NO3Si. The van der Waals surface area contributed by atoms with Crippen LogP contribution < -0.4 is 0 Å². The van der Waals surface area contributed by atoms with Crippen molar-refractivity contribution in [1.29, 1.82) is 0 Å². The molecule has 1 amide bonds. The highest BCUT2D eigenvalue weighted by Crippen LogP contribution is 1.69. The summed E-state index contributed by atoms with van der Waals surface area (Å²) < 4.78 is 16.8. The molecule has 0 radical (unpaired) electrons. The van der Waals surface area contributed by atoms with E-state index in [0.717, 1.165) is 0 Å². The minimum Gasteiger partial charge on any atom is -0.349 e. The molecule has 0 spiro atoms. The molecule has 0 unspecified atom stereocenters. The van der Waals surface area contributed by atoms with Crippen molar-refractivity contribution in [3.63, 3.8) is 0 Å². The van der Waals surface area contributed by atoms with E-state index in [2.05, 4.69) is 0 Å². The number of amides is 1. The van der Waals surface area contributed by atoms with Crippen LogP contribution in [0.2, 0.25) is 0 Å². The summed E-state index contributed by atoms with van der Waals surface area (Å²) in [6, 6.07) is 0. The third kappa shape index (κ3) is 18.9. The van der Waals surface area contributed by atoms with Gasteiger partial charge < -0.3 is 4.90 Å². The molecule has 0 bridgehead atoms. The van der Waals surface area contributed by atoms with Crippen molar-refractivity contribution in [3.05, 3.63) is 0 Å². The predicted molar refractivity (Wildman–Crippen MR) is 31.5 cm³/mol. The number of rotatable bonds is 0. The zero-order valence-electron chi connectivity index (χ0n) is 5.67. The number of nitrogens with zero attached hydrogens (tertiary/aromatic N) is 1. The smallest absolute Gasteiger partial charge is 0.349 e. The van der Waals surface area contributed by atoms with E-state index in [4.69, 9.17) is 8.92 Å². The molecule has 0 rings (SSSR count). The van der Waals surface area contributed by atoms with Crippen molar-refractivity contribution >= 4 is 15.2 Å². The third-order valence-electron chi connectivity index (χ3n) is 0.630. The standard InChI is InChI=1S/C4H9NO.O2Si/c1-4(6)5(2)3;1-3-2/h1-3H3;. The van der Waals surface area contributed by atoms with Crippen LogP contribution in [0.1, 0.15) is 6.92 Å². The first-order chi connectivity index (χ1) is 4.06. The molecule has 0 atom stereocenters. The summed E-state index contributed by atoms with van der Waals surface area (Å²) in [6.07, 6.45) is 0. The maximum Gasteiger partial charge on any atom is 0.549 e. The van der Waals surface area contributed by atoms with Crippen LogP contribution in [0, 0.1) is 0 Å². The molecule has 0 aliphatic carbocycles. The van der Waals surface area contributed by atoms with Crippen LogP contribution in [-0.2, 0) is 13.7 Å². The summed E-state index contributed by atoms with van der Waals surface area (Å²) in [5.41, 5.74) is 0. The van der Waals surface area contributed by atoms with Crippen LogP contribution in [0.4, 0.5) is 0 Å². The largest absolute Gasteiger partial charge is 0.549 e. The maximum atomic E-state index is 10.1. The second-order valence-electron chi connectivity index (χ2n) is 1.50. The number of hydrogen-bond acceptors (Lipinski definition) is 3. The minimum atomic E-state index is -1.42. The van der Waals surface area contributed by atoms with E-state index in [1.54, 1.807) is 14.1 Å². The highest BCUT2D eigenvalue weighted by atomic mass is 28.2. The van der Waals surface area contributed by atoms with Crippen molar-refractivity contribution in [2.45, 2.75) is 6.92 Å². The van der Waals surface area contributed by atoms with Crippen molar-refractivity contribution in [1.82, 2.24) is 4.90 Å². The molecule has 4 nitrogen and oxygen atoms in total. The molecule has 9 heavy (non-hydrogen) atoms. The van der Waals surface area contributed by atoms with Crippen LogP contribution in [0.25, 0.3) is 0 Å². The lowest BCUT2D eigenvalue weighted by Crippen LogP contribution is -2.17. The van der Waals surface area contributed by atoms with Gasteiger partial charge in [0.2, 0.25) is 5.91 Å². The Morgan fingerprint density at radius 1 is 1.33 bits per heavy atom. The molecule has 0 heterocycles. The van der Waals surface area contributed by atoms with Crippen molar-refractivity contribution in [2.24, 2.45) is 0 Å². The van der Waals surface area contributed by atoms with Gasteiger partial charge in [0, 0.05) is 21.0 Å². The Bertz CT molecular complexity index is 117. The van der Waals surface area contributed by atoms with Crippen LogP contribution in [0.15, 0.2) is 0 Å². The normalized spacial score (nSPS) is 6.11. The molecule has 0 saturated carbocycles. The molecule has 0 saturated heterocycles. The Hall–Kier alpha value is -0.713. The minimum absolute atomic E-state index is 0.0926. The van der Waals surface area contributed by atoms with Gasteiger partial charge in [-0.05, 0) is 0 Å². The van der Waals surface area contributed by atoms with Gasteiger partial charge in [-0.2, -0.15) is 0 Å². The van der Waals surface area contributed by atoms with E-state index in [0.29, 0.717) is 0 Å². The second-order valence-corrected chi connectivity index (χ2v) is 1.66. The number of hydrogen-bond donors (Lipinski definition) is 0. The Balaban J connectivity index is 0. The van der Waals surface area contributed by atoms with Crippen molar-refractivity contribution < 1.29 is 13.7 Å². The van der Waals surface area contributed by atoms with Gasteiger partial charge in [0.25, 0.3) is 0 Å². The fourth-order valence-electron chi connectivity index (χ4n) is 0. The number of carbonyl (C=O) groups excluding carboxylic acids is 1. The predicted octanol–water partition coefficient (Wildman–Crippen LogP) is -0.524. The lowest BCUT2D eigenvalue weighted by molar-refractivity contribution is -0.126. The van der Waals surface area contributed by atoms with E-state index in [1.807, 2.05) is 0 Å². The molecule has 0 N–H and O–H groups in total. The van der Waals surface area contributed by atoms with Crippen LogP contribution in [0.3, 0.4) is 0 Å². The third-order valence-corrected chi connectivity index (χ3v) is 0.630. The maximum absolute atomic E-state index is 10.1. The van der Waals surface area contributed by atoms with Gasteiger partial charge in [-0.1, -0.05) is 0 Å². The molecule has 0 aromatic heterocycles. The lowest BCUT2D eigenvalue weighted by atomic mass is 10.7. The van der Waals surface area contributed by atoms with E-state index in [-0.39, 0.29) is 5.91 Å². The van der Waals surface area contributed by atoms with Gasteiger partial charge >= 0.3 is 9.29 Å². The summed E-state index contributed by atoms with van der Waals surface area (Å²) in [5.74, 6) is 0.0926. The van der Waals surface area contributed by atoms with Gasteiger partial charge in [0.05, 0.1) is 0 Å². The monoisotopic (exact) mass is 147 g/mol. The second kappa shape index (κ2) is 7.29. The molecule has 0 aromatic carbocycles. The zero-order valence-corrected chi connectivity index (χ0v) is 6.67. The summed E-state index contributed by atoms with van der Waals surface area (Å²) in [7, 11) is 2.03. The Morgan fingerprint density at radius 3 is 1.44 bits per heavy atom. The SMILES string of the molecule is CC(=O)N(C)C.O=[Si]=O. The zero-order chi connectivity index (χ0) is 7.86. The van der Waals surface area contributed by atoms with Crippen LogP contribution >= 0.6 is 0 Å². The van der Waals surface area contributed by atoms with Gasteiger partial charge in [-0.3, -0.25) is 13.7 Å². The topological polar surface area (TPSA) is 54.5 Å². The first-order valence-corrected chi connectivity index (χ1v) is 3.05. The summed E-state index contributed by atoms with van der Waals surface area (Å²) in [4.78, 5) is 11.6. The van der Waals surface area contributed by atoms with Gasteiger partial charge in [-0.25, -0.2) is 0 Å². The average Bonchev–Trinajstić information content (AvgIpc) is 1.68. The van der Waals surface area contributed by atoms with Crippen molar-refractivity contribution in [3.8, 4) is 0 Å². The van der Waals surface area contributed by atoms with Crippen LogP contribution in [0.5, 0.6) is 0 Å². The summed E-state index contributed by atoms with van der Waals surface area (Å²) >= 11 is 0. The Labute approximate surface area is 55.8 Å². The molecule has 52 valence electrons. The van der Waals surface area contributed by atoms with Gasteiger partial charge in [0.1, 0.15) is 0 Å². The summed E-state index contributed by atoms with van der Waals surface area (Å²) in [5, 5.41) is 0. The van der Waals surface area contributed by atoms with Gasteiger partial charge in [-0.15, -0.1) is 0 Å². The molecule has 0 fully saturated rings. The van der Waals surface area contributed by atoms with E-state index in [1.165, 1.54) is 11.8 Å². The summed E-state index contributed by atoms with van der Waals surface area (Å²) in [6.45, 7) is 1.53. The van der Waals surface area contributed by atoms with Crippen molar-refractivity contribution in [2.75, 3.05) is 14.1 Å². The van der Waals surface area contributed by atoms with Gasteiger partial charge in [0.15, 0.2) is 0 Å². The molecule has 0 aliphatic rings. The highest BCUT2D eigenvalue weighted by Gasteiger charge is 1.87. The fraction of sp³-hybridized carbons (Fsp3) is 0.750. The van der Waals surface area contributed by atoms with E-state index < -0.39 is 9.29 Å². The lowest BCUT2D eigenvalue weighted by Gasteiger charge is -2.02. The quantitative estimate of drug-likeness (QED) is 0.433. The first kappa shape index (κ1) is 11.1. The Morgan fingerprint density at radius 2 is 1.44 bits per heavy atom. The first-order valence-electron chi connectivity index (χ1n) is 2.23. The molecule has 0 aromatic rings. The van der Waals surface area contributed by atoms with E-state index in [9.17, 15) is 4.79 Å². The highest BCUT2D eigenvalue weighted by molar-refractivity contribution is 5.94. The average molecular weight is 147 g/mol. The number of carbonyl (C=O) groups is 1. The van der Waals surface area contributed by atoms with Crippen LogP contribution in [-0.4, -0.2) is 34.2 Å². The van der Waals surface area contributed by atoms with E-state index >= 15 is 0 Å². The Kier molecular flexibility index (Phi) is 9.01. The molecule has 0 aliphatic heterocycles. The molecular weight excluding hydrogens is 138 g/mol. The molecule has 5 heteroatoms.